The number of alkyl halides is 3. The van der Waals surface area contributed by atoms with E-state index in [2.05, 4.69) is 29.4 Å². The van der Waals surface area contributed by atoms with Crippen molar-refractivity contribution in [1.82, 2.24) is 10.2 Å². The molecule has 6 nitrogen and oxygen atoms in total. The van der Waals surface area contributed by atoms with Gasteiger partial charge in [0, 0.05) is 24.7 Å². The van der Waals surface area contributed by atoms with Crippen LogP contribution in [0, 0.1) is 17.2 Å². The molecule has 0 spiro atoms. The van der Waals surface area contributed by atoms with Crippen LogP contribution in [0.3, 0.4) is 0 Å². The number of hydrogen-bond donors (Lipinski definition) is 1. The minimum absolute atomic E-state index is 0.106. The Bertz CT molecular complexity index is 1340. The van der Waals surface area contributed by atoms with Crippen LogP contribution < -0.4 is 15.0 Å². The molecule has 0 fully saturated rings. The molecular formula is C33H37F3N4O2. The van der Waals surface area contributed by atoms with E-state index in [1.807, 2.05) is 39.0 Å². The van der Waals surface area contributed by atoms with Crippen LogP contribution >= 0.6 is 0 Å². The molecule has 0 saturated heterocycles. The summed E-state index contributed by atoms with van der Waals surface area (Å²) >= 11 is 0. The van der Waals surface area contributed by atoms with E-state index in [1.54, 1.807) is 42.5 Å². The Morgan fingerprint density at radius 3 is 2.45 bits per heavy atom. The van der Waals surface area contributed by atoms with Crippen molar-refractivity contribution in [2.45, 2.75) is 52.0 Å². The van der Waals surface area contributed by atoms with E-state index in [9.17, 15) is 18.0 Å². The summed E-state index contributed by atoms with van der Waals surface area (Å²) in [5.74, 6) is 0.142. The van der Waals surface area contributed by atoms with Crippen LogP contribution in [0.1, 0.15) is 39.2 Å². The molecule has 0 radical (unpaired) electrons. The van der Waals surface area contributed by atoms with Gasteiger partial charge in [-0.2, -0.15) is 18.4 Å². The van der Waals surface area contributed by atoms with Crippen LogP contribution in [0.4, 0.5) is 18.9 Å². The molecule has 1 aliphatic heterocycles. The van der Waals surface area contributed by atoms with Crippen molar-refractivity contribution in [2.24, 2.45) is 5.92 Å². The maximum atomic E-state index is 14.1. The zero-order valence-corrected chi connectivity index (χ0v) is 24.2. The molecule has 1 amide bonds. The first-order chi connectivity index (χ1) is 19.9. The second kappa shape index (κ2) is 14.7. The first kappa shape index (κ1) is 32.4. The lowest BCUT2D eigenvalue weighted by Gasteiger charge is -2.38. The number of ether oxygens (including phenoxy) is 1. The van der Waals surface area contributed by atoms with Gasteiger partial charge in [-0.25, -0.2) is 4.90 Å². The number of para-hydroxylation sites is 1. The zero-order valence-electron chi connectivity index (χ0n) is 24.2. The molecule has 1 heterocycles. The number of amides is 1. The predicted molar refractivity (Wildman–Crippen MR) is 159 cm³/mol. The monoisotopic (exact) mass is 578 g/mol. The van der Waals surface area contributed by atoms with Gasteiger partial charge in [-0.1, -0.05) is 48.9 Å². The van der Waals surface area contributed by atoms with E-state index in [0.717, 1.165) is 11.6 Å². The van der Waals surface area contributed by atoms with Crippen LogP contribution in [0.5, 0.6) is 5.75 Å². The Morgan fingerprint density at radius 1 is 1.19 bits per heavy atom. The van der Waals surface area contributed by atoms with E-state index in [0.29, 0.717) is 42.1 Å². The molecule has 0 bridgehead atoms. The van der Waals surface area contributed by atoms with E-state index < -0.39 is 12.6 Å². The van der Waals surface area contributed by atoms with Crippen molar-refractivity contribution in [3.8, 4) is 11.8 Å². The lowest BCUT2D eigenvalue weighted by atomic mass is 9.98. The Hall–Kier alpha value is -4.13. The predicted octanol–water partition coefficient (Wildman–Crippen LogP) is 7.10. The number of nitriles is 1. The Balaban J connectivity index is 1.81. The number of anilines is 1. The summed E-state index contributed by atoms with van der Waals surface area (Å²) in [4.78, 5) is 17.7. The molecule has 2 aromatic carbocycles. The smallest absolute Gasteiger partial charge is 0.392 e. The number of benzene rings is 2. The van der Waals surface area contributed by atoms with Crippen molar-refractivity contribution in [3.63, 3.8) is 0 Å². The molecule has 42 heavy (non-hydrogen) atoms. The summed E-state index contributed by atoms with van der Waals surface area (Å²) in [6, 6.07) is 17.3. The highest BCUT2D eigenvalue weighted by atomic mass is 19.4. The summed E-state index contributed by atoms with van der Waals surface area (Å²) in [5.41, 5.74) is 2.59. The number of carbonyl (C=O) groups excluding carboxylic acids is 1. The zero-order chi connectivity index (χ0) is 30.9. The van der Waals surface area contributed by atoms with Crippen LogP contribution in [0.25, 0.3) is 0 Å². The van der Waals surface area contributed by atoms with E-state index in [1.165, 1.54) is 11.0 Å². The number of hydrogen-bond acceptors (Lipinski definition) is 5. The average Bonchev–Trinajstić information content (AvgIpc) is 2.96. The Morgan fingerprint density at radius 2 is 1.86 bits per heavy atom. The molecular weight excluding hydrogens is 541 g/mol. The summed E-state index contributed by atoms with van der Waals surface area (Å²) in [6.07, 6.45) is -0.498. The molecule has 3 atom stereocenters. The third kappa shape index (κ3) is 8.93. The molecule has 0 aliphatic carbocycles. The van der Waals surface area contributed by atoms with Crippen molar-refractivity contribution in [1.29, 1.82) is 5.26 Å². The van der Waals surface area contributed by atoms with Gasteiger partial charge in [0.1, 0.15) is 5.75 Å². The SMILES string of the molecule is C=CC(C)C(/C=C\CC(F)(F)F)NC(C)N1CCC(C)=C(C(=O)N(C(=C)Oc2ccc(C#N)cc2)c2ccccc2)C1. The van der Waals surface area contributed by atoms with Gasteiger partial charge in [-0.15, -0.1) is 6.58 Å². The van der Waals surface area contributed by atoms with E-state index in [4.69, 9.17) is 10.00 Å². The number of nitrogens with zero attached hydrogens (tertiary/aromatic N) is 3. The van der Waals surface area contributed by atoms with Crippen LogP contribution in [0.2, 0.25) is 0 Å². The van der Waals surface area contributed by atoms with Crippen LogP contribution in [-0.2, 0) is 4.79 Å². The molecule has 9 heteroatoms. The highest BCUT2D eigenvalue weighted by Gasteiger charge is 2.31. The highest BCUT2D eigenvalue weighted by molar-refractivity contribution is 6.08. The van der Waals surface area contributed by atoms with Crippen LogP contribution in [-0.4, -0.2) is 42.3 Å². The minimum atomic E-state index is -4.27. The van der Waals surface area contributed by atoms with Crippen molar-refractivity contribution in [2.75, 3.05) is 18.0 Å². The largest absolute Gasteiger partial charge is 0.441 e. The fraction of sp³-hybridized carbons (Fsp3) is 0.333. The minimum Gasteiger partial charge on any atom is -0.441 e. The first-order valence-corrected chi connectivity index (χ1v) is 13.7. The summed E-state index contributed by atoms with van der Waals surface area (Å²) in [6.45, 7) is 14.6. The second-order valence-electron chi connectivity index (χ2n) is 10.3. The lowest BCUT2D eigenvalue weighted by Crippen LogP contribution is -2.52. The maximum Gasteiger partial charge on any atom is 0.392 e. The van der Waals surface area contributed by atoms with Gasteiger partial charge < -0.3 is 4.74 Å². The number of nitrogens with one attached hydrogen (secondary N) is 1. The molecule has 0 aromatic heterocycles. The highest BCUT2D eigenvalue weighted by Crippen LogP contribution is 2.28. The maximum absolute atomic E-state index is 14.1. The fourth-order valence-corrected chi connectivity index (χ4v) is 4.59. The Labute approximate surface area is 246 Å². The quantitative estimate of drug-likeness (QED) is 0.215. The van der Waals surface area contributed by atoms with Gasteiger partial charge in [-0.05, 0) is 69.2 Å². The molecule has 1 N–H and O–H groups in total. The summed E-state index contributed by atoms with van der Waals surface area (Å²) < 4.78 is 44.1. The third-order valence-corrected chi connectivity index (χ3v) is 7.21. The van der Waals surface area contributed by atoms with Gasteiger partial charge in [0.25, 0.3) is 5.91 Å². The summed E-state index contributed by atoms with van der Waals surface area (Å²) in [5, 5.41) is 12.5. The van der Waals surface area contributed by atoms with Crippen molar-refractivity contribution < 1.29 is 22.7 Å². The van der Waals surface area contributed by atoms with Gasteiger partial charge >= 0.3 is 6.18 Å². The second-order valence-corrected chi connectivity index (χ2v) is 10.3. The molecule has 3 rings (SSSR count). The van der Waals surface area contributed by atoms with Gasteiger partial charge in [0.2, 0.25) is 0 Å². The van der Waals surface area contributed by atoms with E-state index >= 15 is 0 Å². The van der Waals surface area contributed by atoms with Gasteiger partial charge in [0.05, 0.1) is 29.9 Å². The standard InChI is InChI=1S/C33H37F3N4O2/c1-6-23(2)31(13-10-19-33(34,35)36)38-25(4)39-20-18-24(3)30(22-39)32(41)40(28-11-8-7-9-12-28)26(5)42-29-16-14-27(21-37)15-17-29/h6-17,23,25,31,38H,1,5,18-20,22H2,2-4H3/b13-10-. The number of rotatable bonds is 12. The van der Waals surface area contributed by atoms with Crippen LogP contribution in [0.15, 0.2) is 103 Å². The van der Waals surface area contributed by atoms with E-state index in [-0.39, 0.29) is 29.9 Å². The van der Waals surface area contributed by atoms with Crippen molar-refractivity contribution >= 4 is 11.6 Å². The number of halogens is 3. The summed E-state index contributed by atoms with van der Waals surface area (Å²) in [7, 11) is 0. The third-order valence-electron chi connectivity index (χ3n) is 7.21. The molecule has 3 unspecified atom stereocenters. The molecule has 222 valence electrons. The first-order valence-electron chi connectivity index (χ1n) is 13.7. The van der Waals surface area contributed by atoms with Crippen molar-refractivity contribution in [3.05, 3.63) is 109 Å². The molecule has 0 saturated carbocycles. The van der Waals surface area contributed by atoms with Gasteiger partial charge in [-0.3, -0.25) is 15.0 Å². The molecule has 2 aromatic rings. The lowest BCUT2D eigenvalue weighted by molar-refractivity contribution is -0.125. The fourth-order valence-electron chi connectivity index (χ4n) is 4.59. The molecule has 1 aliphatic rings. The van der Waals surface area contributed by atoms with Gasteiger partial charge in [0.15, 0.2) is 5.88 Å². The Kier molecular flexibility index (Phi) is 11.3. The number of carbonyl (C=O) groups is 1. The topological polar surface area (TPSA) is 68.6 Å². The number of allylic oxidation sites excluding steroid dienone is 1. The normalized spacial score (nSPS) is 16.4. The average molecular weight is 579 g/mol.